The van der Waals surface area contributed by atoms with Gasteiger partial charge in [0.2, 0.25) is 5.79 Å². The van der Waals surface area contributed by atoms with Gasteiger partial charge in [0.25, 0.3) is 0 Å². The fourth-order valence-electron chi connectivity index (χ4n) is 1.13. The molecule has 0 fully saturated rings. The molecule has 98 valence electrons. The van der Waals surface area contributed by atoms with Gasteiger partial charge in [-0.1, -0.05) is 19.8 Å². The van der Waals surface area contributed by atoms with Gasteiger partial charge in [-0.25, -0.2) is 0 Å². The molecule has 0 saturated heterocycles. The van der Waals surface area contributed by atoms with Crippen molar-refractivity contribution in [2.24, 2.45) is 5.73 Å². The van der Waals surface area contributed by atoms with Crippen LogP contribution in [0.3, 0.4) is 0 Å². The van der Waals surface area contributed by atoms with Crippen LogP contribution in [0.25, 0.3) is 0 Å². The molecule has 0 spiro atoms. The lowest BCUT2D eigenvalue weighted by molar-refractivity contribution is -0.511. The van der Waals surface area contributed by atoms with Crippen LogP contribution in [0.1, 0.15) is 26.2 Å². The van der Waals surface area contributed by atoms with E-state index in [4.69, 9.17) is 31.3 Å². The Kier molecular flexibility index (Phi) is 4.80. The quantitative estimate of drug-likeness (QED) is 0.221. The predicted octanol–water partition coefficient (Wildman–Crippen LogP) is -3.50. The molecule has 0 aromatic carbocycles. The maximum absolute atomic E-state index is 9.32. The fourth-order valence-corrected chi connectivity index (χ4v) is 1.13. The lowest BCUT2D eigenvalue weighted by Gasteiger charge is -2.42. The molecule has 16 heavy (non-hydrogen) atoms. The monoisotopic (exact) mass is 241 g/mol. The second-order valence-corrected chi connectivity index (χ2v) is 3.78. The zero-order valence-corrected chi connectivity index (χ0v) is 8.91. The van der Waals surface area contributed by atoms with Gasteiger partial charge in [0.15, 0.2) is 0 Å². The van der Waals surface area contributed by atoms with Crippen LogP contribution in [0.5, 0.6) is 0 Å². The van der Waals surface area contributed by atoms with Crippen LogP contribution in [0, 0.1) is 0 Å². The number of hydrogen-bond donors (Lipinski definition) is 8. The molecule has 0 aliphatic heterocycles. The van der Waals surface area contributed by atoms with Gasteiger partial charge < -0.3 is 41.5 Å². The van der Waals surface area contributed by atoms with Gasteiger partial charge in [-0.2, -0.15) is 0 Å². The molecule has 0 bridgehead atoms. The Morgan fingerprint density at radius 2 is 1.44 bits per heavy atom. The lowest BCUT2D eigenvalue weighted by atomic mass is 9.92. The number of unbranched alkanes of at least 4 members (excludes halogenated alkanes) is 1. The van der Waals surface area contributed by atoms with E-state index in [0.717, 1.165) is 0 Å². The first-order valence-electron chi connectivity index (χ1n) is 4.80. The van der Waals surface area contributed by atoms with Crippen LogP contribution in [-0.4, -0.2) is 59.3 Å². The molecule has 0 radical (unpaired) electrons. The maximum atomic E-state index is 9.32. The number of rotatable bonds is 6. The van der Waals surface area contributed by atoms with E-state index in [-0.39, 0.29) is 6.42 Å². The van der Waals surface area contributed by atoms with Crippen LogP contribution in [0.2, 0.25) is 0 Å². The first-order chi connectivity index (χ1) is 6.98. The second-order valence-electron chi connectivity index (χ2n) is 3.78. The van der Waals surface area contributed by atoms with Crippen LogP contribution >= 0.6 is 0 Å². The molecule has 0 rings (SSSR count). The molecule has 1 unspecified atom stereocenters. The summed E-state index contributed by atoms with van der Waals surface area (Å²) < 4.78 is 0. The number of aliphatic hydroxyl groups is 7. The molecule has 0 aromatic heterocycles. The molecule has 0 aliphatic rings. The summed E-state index contributed by atoms with van der Waals surface area (Å²) in [5.41, 5.74) is 5.27. The molecule has 0 heterocycles. The predicted molar refractivity (Wildman–Crippen MR) is 51.2 cm³/mol. The standard InChI is InChI=1S/C8H19NO7/c1-2-3-4-5(9)6(10,11)7(12,13)8(14,15)16/h5,10-16H,2-4,9H2,1H3. The Morgan fingerprint density at radius 1 is 1.00 bits per heavy atom. The minimum Gasteiger partial charge on any atom is -0.360 e. The average molecular weight is 241 g/mol. The average Bonchev–Trinajstić information content (AvgIpc) is 2.11. The van der Waals surface area contributed by atoms with Gasteiger partial charge in [0.1, 0.15) is 0 Å². The van der Waals surface area contributed by atoms with E-state index in [2.05, 4.69) is 0 Å². The third-order valence-corrected chi connectivity index (χ3v) is 2.37. The largest absolute Gasteiger partial charge is 0.360 e. The van der Waals surface area contributed by atoms with E-state index in [1.54, 1.807) is 6.92 Å². The molecule has 1 atom stereocenters. The Labute approximate surface area is 92.2 Å². The summed E-state index contributed by atoms with van der Waals surface area (Å²) in [5.74, 6) is -11.6. The zero-order chi connectivity index (χ0) is 13.2. The highest BCUT2D eigenvalue weighted by Gasteiger charge is 2.63. The number of hydrogen-bond acceptors (Lipinski definition) is 8. The van der Waals surface area contributed by atoms with Crippen LogP contribution < -0.4 is 5.73 Å². The van der Waals surface area contributed by atoms with Crippen molar-refractivity contribution in [3.63, 3.8) is 0 Å². The van der Waals surface area contributed by atoms with Gasteiger partial charge >= 0.3 is 11.8 Å². The lowest BCUT2D eigenvalue weighted by Crippen LogP contribution is -2.73. The normalized spacial score (nSPS) is 16.3. The second kappa shape index (κ2) is 4.90. The molecule has 0 saturated carbocycles. The minimum absolute atomic E-state index is 0.0115. The Morgan fingerprint density at radius 3 is 1.75 bits per heavy atom. The van der Waals surface area contributed by atoms with Gasteiger partial charge in [-0.15, -0.1) is 0 Å². The third-order valence-electron chi connectivity index (χ3n) is 2.37. The van der Waals surface area contributed by atoms with Gasteiger partial charge in [-0.05, 0) is 6.42 Å². The summed E-state index contributed by atoms with van der Waals surface area (Å²) >= 11 is 0. The molecule has 0 amide bonds. The number of nitrogens with two attached hydrogens (primary N) is 1. The fraction of sp³-hybridized carbons (Fsp3) is 1.00. The minimum atomic E-state index is -4.11. The van der Waals surface area contributed by atoms with Gasteiger partial charge in [0, 0.05) is 0 Å². The molecular weight excluding hydrogens is 222 g/mol. The summed E-state index contributed by atoms with van der Waals surface area (Å²) in [6.45, 7) is 1.79. The van der Waals surface area contributed by atoms with Crippen LogP contribution in [0.4, 0.5) is 0 Å². The Balaban J connectivity index is 4.89. The van der Waals surface area contributed by atoms with Crippen molar-refractivity contribution in [1.29, 1.82) is 0 Å². The molecule has 0 aromatic rings. The zero-order valence-electron chi connectivity index (χ0n) is 8.91. The van der Waals surface area contributed by atoms with Gasteiger partial charge in [0.05, 0.1) is 6.04 Å². The Hall–Kier alpha value is -0.320. The summed E-state index contributed by atoms with van der Waals surface area (Å²) in [6.07, 6.45) is 1.11. The van der Waals surface area contributed by atoms with Crippen molar-refractivity contribution in [2.45, 2.75) is 49.8 Å². The van der Waals surface area contributed by atoms with Crippen molar-refractivity contribution in [3.8, 4) is 0 Å². The summed E-state index contributed by atoms with van der Waals surface area (Å²) in [7, 11) is 0. The molecule has 8 nitrogen and oxygen atoms in total. The SMILES string of the molecule is CCCCC(N)C(O)(O)C(O)(O)C(O)(O)O. The third kappa shape index (κ3) is 2.87. The first kappa shape index (κ1) is 15.7. The van der Waals surface area contributed by atoms with E-state index in [1.165, 1.54) is 0 Å². The summed E-state index contributed by atoms with van der Waals surface area (Å²) in [6, 6.07) is -1.58. The van der Waals surface area contributed by atoms with E-state index < -0.39 is 23.6 Å². The highest BCUT2D eigenvalue weighted by molar-refractivity contribution is 4.94. The van der Waals surface area contributed by atoms with E-state index >= 15 is 0 Å². The highest BCUT2D eigenvalue weighted by Crippen LogP contribution is 2.29. The van der Waals surface area contributed by atoms with Crippen LogP contribution in [-0.2, 0) is 0 Å². The van der Waals surface area contributed by atoms with Crippen molar-refractivity contribution in [3.05, 3.63) is 0 Å². The van der Waals surface area contributed by atoms with E-state index in [0.29, 0.717) is 12.8 Å². The van der Waals surface area contributed by atoms with E-state index in [1.807, 2.05) is 0 Å². The Bertz CT molecular complexity index is 223. The van der Waals surface area contributed by atoms with Crippen molar-refractivity contribution < 1.29 is 35.7 Å². The van der Waals surface area contributed by atoms with Crippen molar-refractivity contribution in [2.75, 3.05) is 0 Å². The molecule has 8 heteroatoms. The van der Waals surface area contributed by atoms with Crippen molar-refractivity contribution >= 4 is 0 Å². The summed E-state index contributed by atoms with van der Waals surface area (Å²) in [4.78, 5) is 0. The van der Waals surface area contributed by atoms with Crippen LogP contribution in [0.15, 0.2) is 0 Å². The highest BCUT2D eigenvalue weighted by atomic mass is 16.7. The topological polar surface area (TPSA) is 168 Å². The summed E-state index contributed by atoms with van der Waals surface area (Å²) in [5, 5.41) is 62.6. The van der Waals surface area contributed by atoms with Crippen molar-refractivity contribution in [1.82, 2.24) is 0 Å². The smallest absolute Gasteiger partial charge is 0.338 e. The maximum Gasteiger partial charge on any atom is 0.338 e. The molecular formula is C8H19NO7. The van der Waals surface area contributed by atoms with E-state index in [9.17, 15) is 10.2 Å². The molecule has 9 N–H and O–H groups in total. The first-order valence-corrected chi connectivity index (χ1v) is 4.80. The van der Waals surface area contributed by atoms with Gasteiger partial charge in [-0.3, -0.25) is 0 Å². The molecule has 0 aliphatic carbocycles.